The molecule has 0 amide bonds. The maximum Gasteiger partial charge on any atom is 0.0797 e. The van der Waals surface area contributed by atoms with Crippen LogP contribution < -0.4 is 0 Å². The maximum absolute atomic E-state index is 5.52. The molecule has 1 aliphatic rings. The van der Waals surface area contributed by atoms with Crippen molar-refractivity contribution in [2.24, 2.45) is 0 Å². The molecule has 0 aromatic heterocycles. The number of hydrogen-bond acceptors (Lipinski definition) is 2. The molecule has 2 atom stereocenters. The fourth-order valence-corrected chi connectivity index (χ4v) is 1.26. The van der Waals surface area contributed by atoms with E-state index in [0.29, 0.717) is 0 Å². The van der Waals surface area contributed by atoms with E-state index in [0.717, 1.165) is 13.0 Å². The van der Waals surface area contributed by atoms with Crippen molar-refractivity contribution in [2.75, 3.05) is 13.7 Å². The van der Waals surface area contributed by atoms with Crippen molar-refractivity contribution in [2.45, 2.75) is 32.5 Å². The summed E-state index contributed by atoms with van der Waals surface area (Å²) in [6.07, 6.45) is 7.68. The molecule has 1 heterocycles. The van der Waals surface area contributed by atoms with Gasteiger partial charge in [-0.2, -0.15) is 0 Å². The summed E-state index contributed by atoms with van der Waals surface area (Å²) < 4.78 is 10.6. The highest BCUT2D eigenvalue weighted by atomic mass is 16.5. The minimum absolute atomic E-state index is 0.176. The van der Waals surface area contributed by atoms with Crippen LogP contribution >= 0.6 is 0 Å². The zero-order chi connectivity index (χ0) is 9.68. The van der Waals surface area contributed by atoms with Crippen LogP contribution in [0.3, 0.4) is 0 Å². The largest absolute Gasteiger partial charge is 0.378 e. The van der Waals surface area contributed by atoms with Gasteiger partial charge < -0.3 is 9.47 Å². The first kappa shape index (κ1) is 10.5. The molecule has 0 radical (unpaired) electrons. The van der Waals surface area contributed by atoms with Gasteiger partial charge in [-0.3, -0.25) is 0 Å². The molecule has 74 valence electrons. The van der Waals surface area contributed by atoms with Crippen molar-refractivity contribution in [1.29, 1.82) is 0 Å². The van der Waals surface area contributed by atoms with Gasteiger partial charge in [-0.25, -0.2) is 0 Å². The summed E-state index contributed by atoms with van der Waals surface area (Å²) in [6.45, 7) is 4.90. The molecule has 1 aliphatic heterocycles. The smallest absolute Gasteiger partial charge is 0.0797 e. The molecule has 2 heteroatoms. The summed E-state index contributed by atoms with van der Waals surface area (Å²) in [5, 5.41) is 0. The number of methoxy groups -OCH3 is 1. The van der Waals surface area contributed by atoms with E-state index in [-0.39, 0.29) is 12.2 Å². The molecule has 2 nitrogen and oxygen atoms in total. The lowest BCUT2D eigenvalue weighted by atomic mass is 10.1. The minimum Gasteiger partial charge on any atom is -0.378 e. The Bertz CT molecular complexity index is 206. The first-order valence-electron chi connectivity index (χ1n) is 4.70. The summed E-state index contributed by atoms with van der Waals surface area (Å²) >= 11 is 0. The fraction of sp³-hybridized carbons (Fsp3) is 0.636. The second-order valence-corrected chi connectivity index (χ2v) is 3.45. The van der Waals surface area contributed by atoms with E-state index in [4.69, 9.17) is 9.47 Å². The van der Waals surface area contributed by atoms with Crippen LogP contribution in [0.15, 0.2) is 23.8 Å². The Morgan fingerprint density at radius 2 is 2.46 bits per heavy atom. The van der Waals surface area contributed by atoms with Crippen LogP contribution in [-0.2, 0) is 9.47 Å². The van der Waals surface area contributed by atoms with E-state index in [1.165, 1.54) is 5.57 Å². The van der Waals surface area contributed by atoms with Gasteiger partial charge in [0.05, 0.1) is 18.8 Å². The molecule has 0 aromatic rings. The van der Waals surface area contributed by atoms with Gasteiger partial charge in [0, 0.05) is 7.11 Å². The van der Waals surface area contributed by atoms with Crippen molar-refractivity contribution in [3.05, 3.63) is 23.8 Å². The van der Waals surface area contributed by atoms with E-state index in [1.807, 2.05) is 13.0 Å². The lowest BCUT2D eigenvalue weighted by Crippen LogP contribution is -2.16. The van der Waals surface area contributed by atoms with E-state index >= 15 is 0 Å². The molecule has 0 saturated heterocycles. The van der Waals surface area contributed by atoms with Crippen molar-refractivity contribution in [1.82, 2.24) is 0 Å². The van der Waals surface area contributed by atoms with Crippen LogP contribution in [0.2, 0.25) is 0 Å². The van der Waals surface area contributed by atoms with Crippen LogP contribution in [0.1, 0.15) is 20.3 Å². The summed E-state index contributed by atoms with van der Waals surface area (Å²) in [4.78, 5) is 0. The van der Waals surface area contributed by atoms with Crippen LogP contribution in [0, 0.1) is 0 Å². The third-order valence-corrected chi connectivity index (χ3v) is 2.23. The fourth-order valence-electron chi connectivity index (χ4n) is 1.26. The second kappa shape index (κ2) is 5.20. The molecule has 13 heavy (non-hydrogen) atoms. The molecule has 0 saturated carbocycles. The predicted octanol–water partition coefficient (Wildman–Crippen LogP) is 2.31. The highest BCUT2D eigenvalue weighted by Gasteiger charge is 2.10. The topological polar surface area (TPSA) is 18.5 Å². The molecule has 0 aliphatic carbocycles. The summed E-state index contributed by atoms with van der Waals surface area (Å²) in [6, 6.07) is 0. The minimum atomic E-state index is 0.176. The molecule has 0 bridgehead atoms. The zero-order valence-corrected chi connectivity index (χ0v) is 8.62. The SMILES string of the molecule is CO[C@H](C)/C=C/[C@@H]1CC(C)=CCO1. The Morgan fingerprint density at radius 1 is 1.69 bits per heavy atom. The van der Waals surface area contributed by atoms with E-state index in [1.54, 1.807) is 7.11 Å². The zero-order valence-electron chi connectivity index (χ0n) is 8.62. The summed E-state index contributed by atoms with van der Waals surface area (Å²) in [5.41, 5.74) is 1.41. The quantitative estimate of drug-likeness (QED) is 0.623. The third-order valence-electron chi connectivity index (χ3n) is 2.23. The van der Waals surface area contributed by atoms with Crippen LogP contribution in [0.25, 0.3) is 0 Å². The lowest BCUT2D eigenvalue weighted by molar-refractivity contribution is 0.0964. The van der Waals surface area contributed by atoms with Gasteiger partial charge in [0.25, 0.3) is 0 Å². The Balaban J connectivity index is 2.37. The molecule has 1 rings (SSSR count). The van der Waals surface area contributed by atoms with Gasteiger partial charge >= 0.3 is 0 Å². The Labute approximate surface area is 80.2 Å². The Hall–Kier alpha value is -0.600. The average molecular weight is 182 g/mol. The summed E-state index contributed by atoms with van der Waals surface area (Å²) in [7, 11) is 1.71. The average Bonchev–Trinajstić information content (AvgIpc) is 2.14. The number of ether oxygens (including phenoxy) is 2. The van der Waals surface area contributed by atoms with Crippen molar-refractivity contribution >= 4 is 0 Å². The van der Waals surface area contributed by atoms with Crippen molar-refractivity contribution in [3.8, 4) is 0 Å². The number of rotatable bonds is 3. The standard InChI is InChI=1S/C11H18O2/c1-9-6-7-13-11(8-9)5-4-10(2)12-3/h4-6,10-11H,7-8H2,1-3H3/b5-4+/t10-,11-/m1/s1. The normalized spacial score (nSPS) is 26.1. The van der Waals surface area contributed by atoms with Crippen LogP contribution in [0.4, 0.5) is 0 Å². The predicted molar refractivity (Wildman–Crippen MR) is 53.7 cm³/mol. The molecule has 0 spiro atoms. The van der Waals surface area contributed by atoms with Crippen LogP contribution in [-0.4, -0.2) is 25.9 Å². The van der Waals surface area contributed by atoms with Crippen molar-refractivity contribution in [3.63, 3.8) is 0 Å². The highest BCUT2D eigenvalue weighted by molar-refractivity contribution is 5.08. The van der Waals surface area contributed by atoms with Gasteiger partial charge in [-0.05, 0) is 20.3 Å². The van der Waals surface area contributed by atoms with Crippen LogP contribution in [0.5, 0.6) is 0 Å². The Kier molecular flexibility index (Phi) is 4.19. The molecular weight excluding hydrogens is 164 g/mol. The van der Waals surface area contributed by atoms with Crippen molar-refractivity contribution < 1.29 is 9.47 Å². The van der Waals surface area contributed by atoms with E-state index in [2.05, 4.69) is 19.1 Å². The Morgan fingerprint density at radius 3 is 3.08 bits per heavy atom. The molecule has 0 fully saturated rings. The van der Waals surface area contributed by atoms with Gasteiger partial charge in [-0.15, -0.1) is 0 Å². The van der Waals surface area contributed by atoms with E-state index in [9.17, 15) is 0 Å². The van der Waals surface area contributed by atoms with E-state index < -0.39 is 0 Å². The molecule has 0 aromatic carbocycles. The monoisotopic (exact) mass is 182 g/mol. The first-order chi connectivity index (χ1) is 6.22. The second-order valence-electron chi connectivity index (χ2n) is 3.45. The molecule has 0 unspecified atom stereocenters. The third kappa shape index (κ3) is 3.75. The van der Waals surface area contributed by atoms with Gasteiger partial charge in [0.2, 0.25) is 0 Å². The molecular formula is C11H18O2. The number of hydrogen-bond donors (Lipinski definition) is 0. The maximum atomic E-state index is 5.52. The first-order valence-corrected chi connectivity index (χ1v) is 4.70. The molecule has 0 N–H and O–H groups in total. The lowest BCUT2D eigenvalue weighted by Gasteiger charge is -2.18. The van der Waals surface area contributed by atoms with Gasteiger partial charge in [-0.1, -0.05) is 23.8 Å². The summed E-state index contributed by atoms with van der Waals surface area (Å²) in [5.74, 6) is 0. The van der Waals surface area contributed by atoms with Gasteiger partial charge in [0.1, 0.15) is 0 Å². The van der Waals surface area contributed by atoms with Gasteiger partial charge in [0.15, 0.2) is 0 Å². The highest BCUT2D eigenvalue weighted by Crippen LogP contribution is 2.14.